The number of amides is 1. The van der Waals surface area contributed by atoms with Gasteiger partial charge in [0.2, 0.25) is 0 Å². The number of nitrogens with zero attached hydrogens (tertiary/aromatic N) is 3. The van der Waals surface area contributed by atoms with E-state index in [1.807, 2.05) is 36.4 Å². The monoisotopic (exact) mass is 470 g/mol. The van der Waals surface area contributed by atoms with Gasteiger partial charge in [-0.3, -0.25) is 9.78 Å². The Bertz CT molecular complexity index is 1220. The Morgan fingerprint density at radius 1 is 0.903 bits per heavy atom. The third kappa shape index (κ3) is 4.90. The lowest BCUT2D eigenvalue weighted by Crippen LogP contribution is -2.28. The quantitative estimate of drug-likeness (QED) is 0.383. The third-order valence-electron chi connectivity index (χ3n) is 4.63. The largest absolute Gasteiger partial charge is 0.350 e. The van der Waals surface area contributed by atoms with E-state index in [0.717, 1.165) is 11.3 Å². The van der Waals surface area contributed by atoms with Crippen molar-refractivity contribution in [3.8, 4) is 16.9 Å². The summed E-state index contributed by atoms with van der Waals surface area (Å²) in [5.74, 6) is -0.271. The smallest absolute Gasteiger partial charge is 0.270 e. The van der Waals surface area contributed by atoms with E-state index in [4.69, 9.17) is 34.8 Å². The van der Waals surface area contributed by atoms with Crippen molar-refractivity contribution in [3.63, 3.8) is 0 Å². The van der Waals surface area contributed by atoms with Crippen LogP contribution >= 0.6 is 34.8 Å². The van der Waals surface area contributed by atoms with Crippen LogP contribution < -0.4 is 5.32 Å². The number of carbonyl (C=O) groups excluding carboxylic acids is 1. The van der Waals surface area contributed by atoms with Gasteiger partial charge in [0, 0.05) is 30.4 Å². The molecule has 1 amide bonds. The summed E-state index contributed by atoms with van der Waals surface area (Å²) in [4.78, 5) is 17.3. The highest BCUT2D eigenvalue weighted by molar-refractivity contribution is 6.42. The van der Waals surface area contributed by atoms with Gasteiger partial charge in [-0.25, -0.2) is 4.68 Å². The number of hydrogen-bond acceptors (Lipinski definition) is 3. The Morgan fingerprint density at radius 2 is 1.71 bits per heavy atom. The van der Waals surface area contributed by atoms with E-state index >= 15 is 0 Å². The van der Waals surface area contributed by atoms with E-state index in [2.05, 4.69) is 15.4 Å². The molecule has 2 aromatic carbocycles. The van der Waals surface area contributed by atoms with Gasteiger partial charge in [-0.15, -0.1) is 0 Å². The van der Waals surface area contributed by atoms with Crippen molar-refractivity contribution >= 4 is 40.7 Å². The number of hydrogen-bond donors (Lipinski definition) is 1. The predicted molar refractivity (Wildman–Crippen MR) is 124 cm³/mol. The lowest BCUT2D eigenvalue weighted by Gasteiger charge is -2.09. The number of benzene rings is 2. The van der Waals surface area contributed by atoms with Crippen LogP contribution in [0.2, 0.25) is 15.1 Å². The van der Waals surface area contributed by atoms with Crippen molar-refractivity contribution < 1.29 is 4.79 Å². The number of aromatic nitrogens is 3. The standard InChI is InChI=1S/C23H17Cl3N4O/c24-18-7-2-1-6-17(18)21-14-22(23(31)28-12-10-15-5-3-4-11-27-15)30(29-21)16-8-9-19(25)20(26)13-16/h1-9,11,13-14H,10,12H2,(H,28,31). The molecule has 0 spiro atoms. The van der Waals surface area contributed by atoms with Crippen LogP contribution in [-0.2, 0) is 6.42 Å². The molecule has 0 saturated carbocycles. The minimum absolute atomic E-state index is 0.271. The average molecular weight is 472 g/mol. The van der Waals surface area contributed by atoms with Gasteiger partial charge in [-0.1, -0.05) is 59.1 Å². The van der Waals surface area contributed by atoms with E-state index in [1.54, 1.807) is 36.5 Å². The van der Waals surface area contributed by atoms with Crippen LogP contribution in [0.3, 0.4) is 0 Å². The van der Waals surface area contributed by atoms with Gasteiger partial charge >= 0.3 is 0 Å². The van der Waals surface area contributed by atoms with Gasteiger partial charge in [0.1, 0.15) is 5.69 Å². The van der Waals surface area contributed by atoms with Crippen molar-refractivity contribution in [2.75, 3.05) is 6.54 Å². The van der Waals surface area contributed by atoms with Crippen molar-refractivity contribution in [2.24, 2.45) is 0 Å². The molecule has 0 atom stereocenters. The molecule has 5 nitrogen and oxygen atoms in total. The number of rotatable bonds is 6. The van der Waals surface area contributed by atoms with Gasteiger partial charge in [0.25, 0.3) is 5.91 Å². The molecular formula is C23H17Cl3N4O. The Labute approximate surface area is 194 Å². The maximum atomic E-state index is 13.0. The Hall–Kier alpha value is -2.86. The maximum absolute atomic E-state index is 13.0. The SMILES string of the molecule is O=C(NCCc1ccccn1)c1cc(-c2ccccc2Cl)nn1-c1ccc(Cl)c(Cl)c1. The highest BCUT2D eigenvalue weighted by Crippen LogP contribution is 2.30. The second kappa shape index (κ2) is 9.52. The van der Waals surface area contributed by atoms with E-state index in [-0.39, 0.29) is 5.91 Å². The van der Waals surface area contributed by atoms with E-state index < -0.39 is 0 Å². The summed E-state index contributed by atoms with van der Waals surface area (Å²) in [6, 6.07) is 19.8. The molecule has 0 radical (unpaired) electrons. The molecule has 8 heteroatoms. The molecular weight excluding hydrogens is 455 g/mol. The molecule has 0 fully saturated rings. The number of nitrogens with one attached hydrogen (secondary N) is 1. The summed E-state index contributed by atoms with van der Waals surface area (Å²) in [5.41, 5.74) is 3.17. The lowest BCUT2D eigenvalue weighted by molar-refractivity contribution is 0.0946. The Morgan fingerprint density at radius 3 is 2.45 bits per heavy atom. The first kappa shape index (κ1) is 21.4. The van der Waals surface area contributed by atoms with Gasteiger partial charge in [-0.05, 0) is 42.5 Å². The molecule has 0 aliphatic heterocycles. The van der Waals surface area contributed by atoms with Crippen LogP contribution in [0.25, 0.3) is 16.9 Å². The summed E-state index contributed by atoms with van der Waals surface area (Å²) < 4.78 is 1.54. The fraction of sp³-hybridized carbons (Fsp3) is 0.0870. The molecule has 2 aromatic heterocycles. The van der Waals surface area contributed by atoms with Crippen LogP contribution in [0.1, 0.15) is 16.2 Å². The minimum Gasteiger partial charge on any atom is -0.350 e. The average Bonchev–Trinajstić information content (AvgIpc) is 3.22. The number of carbonyl (C=O) groups is 1. The zero-order valence-corrected chi connectivity index (χ0v) is 18.5. The topological polar surface area (TPSA) is 59.8 Å². The van der Waals surface area contributed by atoms with E-state index in [0.29, 0.717) is 45.1 Å². The molecule has 0 unspecified atom stereocenters. The van der Waals surface area contributed by atoms with Crippen LogP contribution in [0.15, 0.2) is 72.9 Å². The number of pyridine rings is 1. The van der Waals surface area contributed by atoms with Gasteiger partial charge in [0.15, 0.2) is 0 Å². The maximum Gasteiger partial charge on any atom is 0.270 e. The lowest BCUT2D eigenvalue weighted by atomic mass is 10.1. The number of halogens is 3. The molecule has 0 aliphatic rings. The second-order valence-electron chi connectivity index (χ2n) is 6.73. The van der Waals surface area contributed by atoms with Crippen molar-refractivity contribution in [1.82, 2.24) is 20.1 Å². The molecule has 4 aromatic rings. The fourth-order valence-electron chi connectivity index (χ4n) is 3.10. The van der Waals surface area contributed by atoms with E-state index in [9.17, 15) is 4.79 Å². The Kier molecular flexibility index (Phi) is 6.56. The van der Waals surface area contributed by atoms with Crippen molar-refractivity contribution in [2.45, 2.75) is 6.42 Å². The zero-order valence-electron chi connectivity index (χ0n) is 16.2. The summed E-state index contributed by atoms with van der Waals surface area (Å²) in [6.45, 7) is 0.434. The van der Waals surface area contributed by atoms with Crippen LogP contribution in [-0.4, -0.2) is 27.2 Å². The zero-order chi connectivity index (χ0) is 21.8. The summed E-state index contributed by atoms with van der Waals surface area (Å²) >= 11 is 18.6. The van der Waals surface area contributed by atoms with Crippen LogP contribution in [0, 0.1) is 0 Å². The molecule has 31 heavy (non-hydrogen) atoms. The van der Waals surface area contributed by atoms with Crippen molar-refractivity contribution in [3.05, 3.63) is 99.4 Å². The van der Waals surface area contributed by atoms with Gasteiger partial charge in [0.05, 0.1) is 26.4 Å². The van der Waals surface area contributed by atoms with Crippen LogP contribution in [0.5, 0.6) is 0 Å². The summed E-state index contributed by atoms with van der Waals surface area (Å²) in [7, 11) is 0. The molecule has 156 valence electrons. The molecule has 1 N–H and O–H groups in total. The third-order valence-corrected chi connectivity index (χ3v) is 5.70. The summed E-state index contributed by atoms with van der Waals surface area (Å²) in [5, 5.41) is 8.90. The molecule has 0 aliphatic carbocycles. The highest BCUT2D eigenvalue weighted by Gasteiger charge is 2.19. The predicted octanol–water partition coefficient (Wildman–Crippen LogP) is 5.87. The minimum atomic E-state index is -0.271. The molecule has 4 rings (SSSR count). The first-order valence-electron chi connectivity index (χ1n) is 9.51. The van der Waals surface area contributed by atoms with Crippen molar-refractivity contribution in [1.29, 1.82) is 0 Å². The Balaban J connectivity index is 1.66. The van der Waals surface area contributed by atoms with E-state index in [1.165, 1.54) is 4.68 Å². The molecule has 2 heterocycles. The fourth-order valence-corrected chi connectivity index (χ4v) is 3.62. The summed E-state index contributed by atoms with van der Waals surface area (Å²) in [6.07, 6.45) is 2.34. The van der Waals surface area contributed by atoms with Crippen LogP contribution in [0.4, 0.5) is 0 Å². The first-order valence-corrected chi connectivity index (χ1v) is 10.6. The second-order valence-corrected chi connectivity index (χ2v) is 7.95. The normalized spacial score (nSPS) is 10.8. The molecule has 0 bridgehead atoms. The molecule has 0 saturated heterocycles. The van der Waals surface area contributed by atoms with Gasteiger partial charge < -0.3 is 5.32 Å². The van der Waals surface area contributed by atoms with Gasteiger partial charge in [-0.2, -0.15) is 5.10 Å². The first-order chi connectivity index (χ1) is 15.0. The highest BCUT2D eigenvalue weighted by atomic mass is 35.5.